The highest BCUT2D eigenvalue weighted by molar-refractivity contribution is 7.22. The number of aryl methyl sites for hydroxylation is 4. The van der Waals surface area contributed by atoms with E-state index in [0.29, 0.717) is 23.5 Å². The minimum Gasteiger partial charge on any atom is -0.322 e. The number of thiazole rings is 1. The first-order valence-corrected chi connectivity index (χ1v) is 11.3. The van der Waals surface area contributed by atoms with Crippen molar-refractivity contribution in [3.05, 3.63) is 88.5 Å². The number of carbonyl (C=O) groups excluding carboxylic acids is 2. The fraction of sp³-hybridized carbons (Fsp3) is 0.192. The third-order valence-electron chi connectivity index (χ3n) is 5.30. The Morgan fingerprint density at radius 2 is 1.62 bits per heavy atom. The molecule has 1 heterocycles. The summed E-state index contributed by atoms with van der Waals surface area (Å²) >= 11 is 1.37. The van der Waals surface area contributed by atoms with E-state index < -0.39 is 0 Å². The number of benzene rings is 3. The average Bonchev–Trinajstić information content (AvgIpc) is 3.16. The van der Waals surface area contributed by atoms with E-state index in [9.17, 15) is 9.59 Å². The van der Waals surface area contributed by atoms with Gasteiger partial charge in [-0.1, -0.05) is 59.4 Å². The zero-order chi connectivity index (χ0) is 22.7. The zero-order valence-electron chi connectivity index (χ0n) is 18.4. The van der Waals surface area contributed by atoms with Gasteiger partial charge in [0.25, 0.3) is 5.91 Å². The number of carbonyl (C=O) groups is 2. The van der Waals surface area contributed by atoms with Gasteiger partial charge in [-0.25, -0.2) is 4.98 Å². The molecule has 5 nitrogen and oxygen atoms in total. The smallest absolute Gasteiger partial charge is 0.255 e. The first kappa shape index (κ1) is 21.7. The van der Waals surface area contributed by atoms with Crippen LogP contribution < -0.4 is 10.6 Å². The van der Waals surface area contributed by atoms with Crippen molar-refractivity contribution in [2.45, 2.75) is 33.6 Å². The minimum absolute atomic E-state index is 0.0730. The van der Waals surface area contributed by atoms with Gasteiger partial charge in [0.2, 0.25) is 5.91 Å². The number of nitrogens with zero attached hydrogens (tertiary/aromatic N) is 1. The fourth-order valence-electron chi connectivity index (χ4n) is 3.77. The van der Waals surface area contributed by atoms with Crippen LogP contribution in [-0.4, -0.2) is 16.8 Å². The van der Waals surface area contributed by atoms with Crippen LogP contribution in [0.4, 0.5) is 10.8 Å². The van der Waals surface area contributed by atoms with E-state index in [1.165, 1.54) is 16.9 Å². The molecule has 4 rings (SSSR count). The molecule has 0 aliphatic rings. The molecule has 6 heteroatoms. The Hall–Kier alpha value is -3.51. The lowest BCUT2D eigenvalue weighted by Crippen LogP contribution is -2.13. The van der Waals surface area contributed by atoms with E-state index in [-0.39, 0.29) is 11.8 Å². The van der Waals surface area contributed by atoms with E-state index in [2.05, 4.69) is 27.8 Å². The highest BCUT2D eigenvalue weighted by Crippen LogP contribution is 2.28. The van der Waals surface area contributed by atoms with Crippen LogP contribution in [0.5, 0.6) is 0 Å². The molecule has 0 aliphatic heterocycles. The lowest BCUT2D eigenvalue weighted by Gasteiger charge is -2.12. The van der Waals surface area contributed by atoms with Gasteiger partial charge in [0.1, 0.15) is 0 Å². The molecular weight excluding hydrogens is 418 g/mol. The van der Waals surface area contributed by atoms with Crippen LogP contribution in [0.2, 0.25) is 0 Å². The summed E-state index contributed by atoms with van der Waals surface area (Å²) in [5, 5.41) is 6.45. The summed E-state index contributed by atoms with van der Waals surface area (Å²) in [6.07, 6.45) is 1.07. The molecule has 2 amide bonds. The molecule has 0 aliphatic carbocycles. The molecule has 32 heavy (non-hydrogen) atoms. The van der Waals surface area contributed by atoms with E-state index in [0.717, 1.165) is 32.6 Å². The SMILES string of the molecule is Cc1cc(C)c(NC(=O)c2ccc3nc(NC(=O)CCc4ccccc4)sc3c2)c(C)c1. The summed E-state index contributed by atoms with van der Waals surface area (Å²) < 4.78 is 0.855. The Morgan fingerprint density at radius 1 is 0.906 bits per heavy atom. The van der Waals surface area contributed by atoms with Gasteiger partial charge in [0, 0.05) is 17.7 Å². The van der Waals surface area contributed by atoms with Crippen LogP contribution >= 0.6 is 11.3 Å². The molecule has 1 aromatic heterocycles. The van der Waals surface area contributed by atoms with Gasteiger partial charge in [0.05, 0.1) is 10.2 Å². The molecule has 0 saturated heterocycles. The van der Waals surface area contributed by atoms with E-state index >= 15 is 0 Å². The second-order valence-corrected chi connectivity index (χ2v) is 8.99. The largest absolute Gasteiger partial charge is 0.322 e. The maximum atomic E-state index is 12.9. The molecule has 0 saturated carbocycles. The molecule has 0 fully saturated rings. The van der Waals surface area contributed by atoms with Gasteiger partial charge in [-0.05, 0) is 62.1 Å². The van der Waals surface area contributed by atoms with Crippen molar-refractivity contribution < 1.29 is 9.59 Å². The predicted molar refractivity (Wildman–Crippen MR) is 132 cm³/mol. The van der Waals surface area contributed by atoms with Crippen LogP contribution in [0, 0.1) is 20.8 Å². The van der Waals surface area contributed by atoms with Gasteiger partial charge in [-0.15, -0.1) is 0 Å². The normalized spacial score (nSPS) is 10.8. The monoisotopic (exact) mass is 443 g/mol. The molecule has 162 valence electrons. The second-order valence-electron chi connectivity index (χ2n) is 7.96. The Morgan fingerprint density at radius 3 is 2.34 bits per heavy atom. The number of amides is 2. The van der Waals surface area contributed by atoms with Crippen LogP contribution in [0.3, 0.4) is 0 Å². The summed E-state index contributed by atoms with van der Waals surface area (Å²) in [7, 11) is 0. The average molecular weight is 444 g/mol. The van der Waals surface area contributed by atoms with Crippen LogP contribution in [0.15, 0.2) is 60.7 Å². The molecule has 3 aromatic carbocycles. The van der Waals surface area contributed by atoms with Crippen LogP contribution in [-0.2, 0) is 11.2 Å². The van der Waals surface area contributed by atoms with Crippen molar-refractivity contribution in [3.63, 3.8) is 0 Å². The van der Waals surface area contributed by atoms with Crippen LogP contribution in [0.1, 0.15) is 39.0 Å². The highest BCUT2D eigenvalue weighted by Gasteiger charge is 2.13. The summed E-state index contributed by atoms with van der Waals surface area (Å²) in [4.78, 5) is 29.7. The molecule has 0 unspecified atom stereocenters. The third kappa shape index (κ3) is 5.03. The standard InChI is InChI=1S/C26H25N3O2S/c1-16-13-17(2)24(18(3)14-16)29-25(31)20-10-11-21-22(15-20)32-26(27-21)28-23(30)12-9-19-7-5-4-6-8-19/h4-8,10-11,13-15H,9,12H2,1-3H3,(H,29,31)(H,27,28,30). The Labute approximate surface area is 191 Å². The minimum atomic E-state index is -0.163. The highest BCUT2D eigenvalue weighted by atomic mass is 32.1. The topological polar surface area (TPSA) is 71.1 Å². The maximum absolute atomic E-state index is 12.9. The van der Waals surface area contributed by atoms with Gasteiger partial charge in [-0.2, -0.15) is 0 Å². The molecule has 4 aromatic rings. The summed E-state index contributed by atoms with van der Waals surface area (Å²) in [6, 6.07) is 19.4. The van der Waals surface area contributed by atoms with Crippen molar-refractivity contribution in [2.24, 2.45) is 0 Å². The second kappa shape index (κ2) is 9.32. The van der Waals surface area contributed by atoms with Crippen LogP contribution in [0.25, 0.3) is 10.2 Å². The zero-order valence-corrected chi connectivity index (χ0v) is 19.2. The van der Waals surface area contributed by atoms with Crippen molar-refractivity contribution in [3.8, 4) is 0 Å². The van der Waals surface area contributed by atoms with Gasteiger partial charge < -0.3 is 10.6 Å². The molecule has 0 radical (unpaired) electrons. The number of hydrogen-bond donors (Lipinski definition) is 2. The summed E-state index contributed by atoms with van der Waals surface area (Å²) in [5.41, 5.74) is 6.53. The van der Waals surface area contributed by atoms with E-state index in [1.807, 2.05) is 63.2 Å². The Bertz CT molecular complexity index is 1270. The van der Waals surface area contributed by atoms with E-state index in [1.54, 1.807) is 6.07 Å². The lowest BCUT2D eigenvalue weighted by atomic mass is 10.0. The quantitative estimate of drug-likeness (QED) is 0.381. The molecule has 0 bridgehead atoms. The number of hydrogen-bond acceptors (Lipinski definition) is 4. The Balaban J connectivity index is 1.44. The van der Waals surface area contributed by atoms with Crippen molar-refractivity contribution in [1.29, 1.82) is 0 Å². The molecule has 2 N–H and O–H groups in total. The summed E-state index contributed by atoms with van der Waals surface area (Å²) in [6.45, 7) is 6.03. The molecular formula is C26H25N3O2S. The first-order valence-electron chi connectivity index (χ1n) is 10.5. The maximum Gasteiger partial charge on any atom is 0.255 e. The van der Waals surface area contributed by atoms with E-state index in [4.69, 9.17) is 0 Å². The number of rotatable bonds is 6. The third-order valence-corrected chi connectivity index (χ3v) is 6.23. The summed E-state index contributed by atoms with van der Waals surface area (Å²) in [5.74, 6) is -0.236. The van der Waals surface area contributed by atoms with Gasteiger partial charge in [0.15, 0.2) is 5.13 Å². The van der Waals surface area contributed by atoms with Gasteiger partial charge >= 0.3 is 0 Å². The number of fused-ring (bicyclic) bond motifs is 1. The number of nitrogens with one attached hydrogen (secondary N) is 2. The van der Waals surface area contributed by atoms with Crippen molar-refractivity contribution >= 4 is 44.2 Å². The number of anilines is 2. The number of aromatic nitrogens is 1. The predicted octanol–water partition coefficient (Wildman–Crippen LogP) is 6.05. The van der Waals surface area contributed by atoms with Gasteiger partial charge in [-0.3, -0.25) is 9.59 Å². The van der Waals surface area contributed by atoms with Crippen molar-refractivity contribution in [2.75, 3.05) is 10.6 Å². The fourth-order valence-corrected chi connectivity index (χ4v) is 4.69. The molecule has 0 spiro atoms. The lowest BCUT2D eigenvalue weighted by molar-refractivity contribution is -0.116. The molecule has 0 atom stereocenters. The Kier molecular flexibility index (Phi) is 6.32. The van der Waals surface area contributed by atoms with Crippen molar-refractivity contribution in [1.82, 2.24) is 4.98 Å². The first-order chi connectivity index (χ1) is 15.4.